The molecule has 0 aliphatic rings. The van der Waals surface area contributed by atoms with Crippen molar-refractivity contribution >= 4 is 61.8 Å². The van der Waals surface area contributed by atoms with Crippen LogP contribution in [0, 0.1) is 6.92 Å². The van der Waals surface area contributed by atoms with Gasteiger partial charge in [-0.05, 0) is 25.1 Å². The summed E-state index contributed by atoms with van der Waals surface area (Å²) in [5.41, 5.74) is 1.05. The Balaban J connectivity index is 2.35. The molecule has 0 N–H and O–H groups in total. The summed E-state index contributed by atoms with van der Waals surface area (Å²) in [4.78, 5) is 2.70. The highest BCUT2D eigenvalue weighted by atomic mass is 79.9. The second-order valence-corrected chi connectivity index (χ2v) is 7.61. The Labute approximate surface area is 115 Å². The first-order chi connectivity index (χ1) is 7.08. The van der Waals surface area contributed by atoms with Gasteiger partial charge in [-0.3, -0.25) is 0 Å². The highest BCUT2D eigenvalue weighted by molar-refractivity contribution is 9.09. The lowest BCUT2D eigenvalue weighted by molar-refractivity contribution is 1.25. The van der Waals surface area contributed by atoms with Gasteiger partial charge in [0, 0.05) is 15.3 Å². The fourth-order valence-electron chi connectivity index (χ4n) is 1.27. The van der Waals surface area contributed by atoms with Gasteiger partial charge in [0.2, 0.25) is 0 Å². The maximum Gasteiger partial charge on any atom is 0.0991 e. The van der Waals surface area contributed by atoms with E-state index in [2.05, 4.69) is 35.0 Å². The molecule has 2 aromatic rings. The number of hydrogen-bond acceptors (Lipinski definition) is 2. The summed E-state index contributed by atoms with van der Waals surface area (Å²) >= 11 is 18.8. The van der Waals surface area contributed by atoms with E-state index in [1.165, 1.54) is 21.1 Å². The van der Waals surface area contributed by atoms with Crippen molar-refractivity contribution in [2.75, 3.05) is 0 Å². The van der Waals surface area contributed by atoms with Gasteiger partial charge in [0.1, 0.15) is 0 Å². The van der Waals surface area contributed by atoms with Gasteiger partial charge >= 0.3 is 0 Å². The molecule has 0 saturated heterocycles. The van der Waals surface area contributed by atoms with Crippen molar-refractivity contribution in [1.29, 1.82) is 0 Å². The summed E-state index contributed by atoms with van der Waals surface area (Å²) in [7, 11) is 0. The third kappa shape index (κ3) is 2.59. The largest absolute Gasteiger partial charge is 0.144 e. The van der Waals surface area contributed by atoms with Crippen molar-refractivity contribution in [2.24, 2.45) is 0 Å². The van der Waals surface area contributed by atoms with Gasteiger partial charge in [0.05, 0.1) is 13.5 Å². The predicted molar refractivity (Wildman–Crippen MR) is 74.2 cm³/mol. The molecule has 0 bridgehead atoms. The first-order valence-electron chi connectivity index (χ1n) is 4.23. The summed E-state index contributed by atoms with van der Waals surface area (Å²) in [5, 5.41) is 0. The molecular weight excluding hydrogens is 335 g/mol. The van der Waals surface area contributed by atoms with E-state index in [1.54, 1.807) is 11.3 Å². The van der Waals surface area contributed by atoms with Crippen LogP contribution in [0.5, 0.6) is 0 Å². The Morgan fingerprint density at radius 1 is 1.27 bits per heavy atom. The molecule has 15 heavy (non-hydrogen) atoms. The molecule has 0 fully saturated rings. The smallest absolute Gasteiger partial charge is 0.0991 e. The Hall–Kier alpha value is 0.460. The summed E-state index contributed by atoms with van der Waals surface area (Å²) in [6.07, 6.45) is 0. The third-order valence-corrected chi connectivity index (χ3v) is 5.84. The van der Waals surface area contributed by atoms with Gasteiger partial charge < -0.3 is 0 Å². The van der Waals surface area contributed by atoms with Crippen LogP contribution < -0.4 is 0 Å². The molecule has 0 aliphatic carbocycles. The molecule has 0 aliphatic heterocycles. The summed E-state index contributed by atoms with van der Waals surface area (Å²) in [5.74, 6) is 0. The van der Waals surface area contributed by atoms with Crippen molar-refractivity contribution in [2.45, 2.75) is 11.8 Å². The van der Waals surface area contributed by atoms with Crippen molar-refractivity contribution in [3.63, 3.8) is 0 Å². The van der Waals surface area contributed by atoms with Crippen molar-refractivity contribution in [3.8, 4) is 0 Å². The summed E-state index contributed by atoms with van der Waals surface area (Å²) in [6.45, 7) is 2.09. The van der Waals surface area contributed by atoms with E-state index < -0.39 is 0 Å². The van der Waals surface area contributed by atoms with Gasteiger partial charge in [-0.1, -0.05) is 39.1 Å². The van der Waals surface area contributed by atoms with E-state index in [4.69, 9.17) is 23.2 Å². The van der Waals surface area contributed by atoms with Crippen LogP contribution in [-0.4, -0.2) is 0 Å². The molecule has 2 aromatic heterocycles. The van der Waals surface area contributed by atoms with Gasteiger partial charge in [-0.15, -0.1) is 22.7 Å². The SMILES string of the molecule is Cc1ccc(C(Br)c2cc(Cl)sc2Cl)s1. The van der Waals surface area contributed by atoms with Crippen molar-refractivity contribution in [1.82, 2.24) is 0 Å². The van der Waals surface area contributed by atoms with Crippen LogP contribution in [-0.2, 0) is 0 Å². The number of hydrogen-bond donors (Lipinski definition) is 0. The Kier molecular flexibility index (Phi) is 3.79. The van der Waals surface area contributed by atoms with E-state index in [1.807, 2.05) is 6.07 Å². The van der Waals surface area contributed by atoms with Gasteiger partial charge in [0.15, 0.2) is 0 Å². The average Bonchev–Trinajstić information content (AvgIpc) is 2.71. The first-order valence-corrected chi connectivity index (χ1v) is 7.53. The van der Waals surface area contributed by atoms with Crippen LogP contribution in [0.1, 0.15) is 20.1 Å². The fourth-order valence-corrected chi connectivity index (χ4v) is 4.75. The van der Waals surface area contributed by atoms with Crippen LogP contribution in [0.25, 0.3) is 0 Å². The standard InChI is InChI=1S/C10H7BrCl2S2/c1-5-2-3-7(14-5)9(11)6-4-8(12)15-10(6)13/h2-4,9H,1H3. The van der Waals surface area contributed by atoms with Crippen molar-refractivity contribution in [3.05, 3.63) is 42.2 Å². The molecular formula is C10H7BrCl2S2. The van der Waals surface area contributed by atoms with Crippen molar-refractivity contribution < 1.29 is 0 Å². The number of aryl methyl sites for hydroxylation is 1. The molecule has 1 atom stereocenters. The Morgan fingerprint density at radius 2 is 2.00 bits per heavy atom. The van der Waals surface area contributed by atoms with E-state index in [-0.39, 0.29) is 4.83 Å². The Morgan fingerprint density at radius 3 is 2.47 bits per heavy atom. The number of alkyl halides is 1. The van der Waals surface area contributed by atoms with Gasteiger partial charge in [0.25, 0.3) is 0 Å². The van der Waals surface area contributed by atoms with E-state index in [0.717, 1.165) is 14.2 Å². The predicted octanol–water partition coefficient (Wildman–Crippen LogP) is 5.91. The third-order valence-electron chi connectivity index (χ3n) is 1.97. The average molecular weight is 342 g/mol. The van der Waals surface area contributed by atoms with Crippen LogP contribution in [0.3, 0.4) is 0 Å². The van der Waals surface area contributed by atoms with Gasteiger partial charge in [-0.2, -0.15) is 0 Å². The zero-order valence-corrected chi connectivity index (χ0v) is 12.5. The lowest BCUT2D eigenvalue weighted by atomic mass is 10.2. The number of thiophene rings is 2. The van der Waals surface area contributed by atoms with E-state index in [0.29, 0.717) is 0 Å². The first kappa shape index (κ1) is 11.9. The quantitative estimate of drug-likeness (QED) is 0.595. The monoisotopic (exact) mass is 340 g/mol. The highest BCUT2D eigenvalue weighted by Gasteiger charge is 2.17. The van der Waals surface area contributed by atoms with Crippen LogP contribution >= 0.6 is 61.8 Å². The zero-order valence-electron chi connectivity index (χ0n) is 7.76. The highest BCUT2D eigenvalue weighted by Crippen LogP contribution is 2.43. The second-order valence-electron chi connectivity index (χ2n) is 3.09. The van der Waals surface area contributed by atoms with Crippen LogP contribution in [0.15, 0.2) is 18.2 Å². The molecule has 0 spiro atoms. The van der Waals surface area contributed by atoms with Crippen LogP contribution in [0.2, 0.25) is 8.67 Å². The molecule has 2 rings (SSSR count). The maximum atomic E-state index is 6.11. The minimum atomic E-state index is 0.146. The lowest BCUT2D eigenvalue weighted by Gasteiger charge is -2.05. The number of rotatable bonds is 2. The molecule has 0 aromatic carbocycles. The molecule has 0 radical (unpaired) electrons. The normalized spacial score (nSPS) is 13.1. The molecule has 2 heterocycles. The Bertz CT molecular complexity index is 475. The molecule has 0 saturated carbocycles. The minimum Gasteiger partial charge on any atom is -0.144 e. The fraction of sp³-hybridized carbons (Fsp3) is 0.200. The van der Waals surface area contributed by atoms with Crippen LogP contribution in [0.4, 0.5) is 0 Å². The molecule has 5 heteroatoms. The van der Waals surface area contributed by atoms with E-state index in [9.17, 15) is 0 Å². The maximum absolute atomic E-state index is 6.11. The van der Waals surface area contributed by atoms with Gasteiger partial charge in [-0.25, -0.2) is 0 Å². The summed E-state index contributed by atoms with van der Waals surface area (Å²) in [6, 6.07) is 6.14. The molecule has 0 nitrogen and oxygen atoms in total. The van der Waals surface area contributed by atoms with E-state index >= 15 is 0 Å². The lowest BCUT2D eigenvalue weighted by Crippen LogP contribution is -1.86. The molecule has 80 valence electrons. The molecule has 0 amide bonds. The minimum absolute atomic E-state index is 0.146. The molecule has 1 unspecified atom stereocenters. The summed E-state index contributed by atoms with van der Waals surface area (Å²) < 4.78 is 1.49. The topological polar surface area (TPSA) is 0 Å². The second kappa shape index (κ2) is 4.76. The number of halogens is 3. The zero-order chi connectivity index (χ0) is 11.0.